The van der Waals surface area contributed by atoms with Gasteiger partial charge in [-0.25, -0.2) is 0 Å². The molecule has 0 aliphatic rings. The quantitative estimate of drug-likeness (QED) is 0.0156. The molecule has 6 aromatic rings. The van der Waals surface area contributed by atoms with Crippen LogP contribution in [-0.4, -0.2) is 161 Å². The van der Waals surface area contributed by atoms with E-state index in [4.69, 9.17) is 39.1 Å². The summed E-state index contributed by atoms with van der Waals surface area (Å²) in [6.45, 7) is 0.804. The number of aliphatic hydroxyl groups excluding tert-OH is 2. The molecule has 2 aromatic heterocycles. The molecule has 76 heavy (non-hydrogen) atoms. The molecular weight excluding hydrogens is 1170 g/mol. The molecule has 0 amide bonds. The van der Waals surface area contributed by atoms with Gasteiger partial charge in [-0.1, -0.05) is 0 Å². The van der Waals surface area contributed by atoms with E-state index in [9.17, 15) is 57.0 Å². The lowest BCUT2D eigenvalue weighted by Crippen LogP contribution is -2.23. The highest BCUT2D eigenvalue weighted by Crippen LogP contribution is 2.49. The number of aliphatic hydroxyl groups is 2. The Balaban J connectivity index is 1.44. The molecule has 0 fully saturated rings. The van der Waals surface area contributed by atoms with Crippen molar-refractivity contribution in [2.75, 3.05) is 89.6 Å². The van der Waals surface area contributed by atoms with Gasteiger partial charge in [0.15, 0.2) is 5.75 Å². The van der Waals surface area contributed by atoms with Crippen LogP contribution in [0.5, 0.6) is 5.75 Å². The van der Waals surface area contributed by atoms with Crippen LogP contribution >= 0.6 is 46.7 Å². The fourth-order valence-electron chi connectivity index (χ4n) is 6.42. The van der Waals surface area contributed by atoms with E-state index in [1.807, 2.05) is 0 Å². The van der Waals surface area contributed by atoms with E-state index >= 15 is 0 Å². The number of fused-ring (bicyclic) bond motifs is 1. The molecular formula is C38H41Cl2N15O15S6. The van der Waals surface area contributed by atoms with Crippen LogP contribution in [0.25, 0.3) is 10.8 Å². The minimum Gasteiger partial charge on any atom is -0.505 e. The molecule has 0 saturated carbocycles. The third-order valence-electron chi connectivity index (χ3n) is 9.86. The summed E-state index contributed by atoms with van der Waals surface area (Å²) in [6.07, 6.45) is 0. The van der Waals surface area contributed by atoms with Gasteiger partial charge in [0.25, 0.3) is 40.5 Å². The molecule has 11 N–H and O–H groups in total. The van der Waals surface area contributed by atoms with Gasteiger partial charge in [-0.2, -0.15) is 87.1 Å². The van der Waals surface area contributed by atoms with Crippen LogP contribution in [-0.2, 0) is 40.5 Å². The van der Waals surface area contributed by atoms with Crippen molar-refractivity contribution in [3.05, 3.63) is 59.1 Å². The molecule has 0 aliphatic carbocycles. The van der Waals surface area contributed by atoms with Crippen molar-refractivity contribution in [1.29, 1.82) is 0 Å². The normalized spacial score (nSPS) is 12.5. The number of thioether (sulfide) groups is 2. The van der Waals surface area contributed by atoms with Crippen molar-refractivity contribution in [2.45, 2.75) is 19.6 Å². The number of anilines is 7. The molecule has 4 aromatic carbocycles. The summed E-state index contributed by atoms with van der Waals surface area (Å²) in [5.41, 5.74) is 1.71. The third kappa shape index (κ3) is 15.1. The maximum absolute atomic E-state index is 12.8. The molecule has 0 saturated heterocycles. The van der Waals surface area contributed by atoms with Gasteiger partial charge in [0.05, 0.1) is 24.3 Å². The van der Waals surface area contributed by atoms with Crippen molar-refractivity contribution in [1.82, 2.24) is 29.9 Å². The molecule has 6 rings (SSSR count). The van der Waals surface area contributed by atoms with Crippen LogP contribution in [0.15, 0.2) is 88.6 Å². The van der Waals surface area contributed by atoms with Crippen molar-refractivity contribution in [3.63, 3.8) is 0 Å². The number of rotatable bonds is 24. The second-order valence-electron chi connectivity index (χ2n) is 15.2. The number of aromatic nitrogens is 6. The molecule has 0 radical (unpaired) electrons. The average Bonchev–Trinajstić information content (AvgIpc) is 3.31. The Morgan fingerprint density at radius 1 is 0.566 bits per heavy atom. The van der Waals surface area contributed by atoms with E-state index in [2.05, 4.69) is 61.0 Å². The van der Waals surface area contributed by atoms with Crippen LogP contribution < -0.4 is 26.2 Å². The van der Waals surface area contributed by atoms with Gasteiger partial charge in [0.2, 0.25) is 34.4 Å². The number of nitrogens with zero attached hydrogens (tertiary/aromatic N) is 12. The SMILES string of the molecule is CN(CCSCCO)c1nc(Cl)nc(Nc2ccc(S(=O)(=O)O)c(/N=N/c3c(S(=O)(=O)O)cc4cc(S(=O)(=O)O)c(/N=N/c5cc(Nc6nc(Cl)nc(N(C)CCSCCO)n6)ccc5S(=O)(=O)O)c(O)c4c3N)c2)n1. The molecule has 0 aliphatic heterocycles. The Morgan fingerprint density at radius 3 is 1.36 bits per heavy atom. The zero-order chi connectivity index (χ0) is 55.9. The number of azo groups is 2. The maximum atomic E-state index is 12.8. The Kier molecular flexibility index (Phi) is 19.1. The molecule has 2 heterocycles. The van der Waals surface area contributed by atoms with Crippen LogP contribution in [0, 0.1) is 0 Å². The van der Waals surface area contributed by atoms with E-state index in [1.54, 1.807) is 23.9 Å². The molecule has 0 atom stereocenters. The first-order valence-corrected chi connectivity index (χ1v) is 29.7. The molecule has 30 nitrogen and oxygen atoms in total. The third-order valence-corrected chi connectivity index (χ3v) is 15.6. The van der Waals surface area contributed by atoms with Gasteiger partial charge in [-0.15, -0.1) is 20.5 Å². The summed E-state index contributed by atoms with van der Waals surface area (Å²) in [5.74, 6) is 0.712. The number of phenolic OH excluding ortho intramolecular Hbond substituents is 1. The summed E-state index contributed by atoms with van der Waals surface area (Å²) < 4.78 is 142. The van der Waals surface area contributed by atoms with Crippen molar-refractivity contribution >= 4 is 162 Å². The predicted octanol–water partition coefficient (Wildman–Crippen LogP) is 5.43. The van der Waals surface area contributed by atoms with Gasteiger partial charge in [-0.3, -0.25) is 18.2 Å². The zero-order valence-electron chi connectivity index (χ0n) is 38.8. The van der Waals surface area contributed by atoms with Crippen LogP contribution in [0.2, 0.25) is 10.6 Å². The standard InChI is InChI=1S/C38H41Cl2N15O15S6/c1-54(7-11-71-13-9-56)37-46-33(39)44-35(48-37)42-20-3-5-24(73(59,60)61)22(17-20)50-52-30-26(75(65,66)67)15-19-16-27(76(68,69)70)31(32(58)28(19)29(30)41)53-51-23-18-21(4-6-25(23)74(62,63)64)43-36-45-34(40)47-38(49-36)55(2)8-12-72-14-10-57/h3-6,15-18,56-58H,7-14,41H2,1-2H3,(H,59,60,61)(H,62,63,64)(H,65,66,67)(H,68,69,70)(H,42,44,46,48)(H,43,45,47,49)/b52-50+,53-51+. The monoisotopic (exact) mass is 1210 g/mol. The second kappa shape index (κ2) is 24.6. The summed E-state index contributed by atoms with van der Waals surface area (Å²) in [4.78, 5) is 23.6. The largest absolute Gasteiger partial charge is 0.505 e. The topological polar surface area (TPSA) is 462 Å². The Labute approximate surface area is 450 Å². The highest BCUT2D eigenvalue weighted by molar-refractivity contribution is 7.99. The van der Waals surface area contributed by atoms with Crippen molar-refractivity contribution < 1.29 is 67.2 Å². The lowest BCUT2D eigenvalue weighted by atomic mass is 10.1. The Hall–Kier alpha value is -6.00. The Morgan fingerprint density at radius 2 is 0.961 bits per heavy atom. The highest BCUT2D eigenvalue weighted by Gasteiger charge is 2.29. The van der Waals surface area contributed by atoms with Crippen molar-refractivity contribution in [3.8, 4) is 5.75 Å². The lowest BCUT2D eigenvalue weighted by Gasteiger charge is -2.17. The van der Waals surface area contributed by atoms with E-state index in [-0.39, 0.29) is 58.9 Å². The number of phenols is 1. The van der Waals surface area contributed by atoms with Gasteiger partial charge in [0.1, 0.15) is 42.3 Å². The molecule has 38 heteroatoms. The second-order valence-corrected chi connectivity index (χ2v) is 23.9. The number of aromatic hydroxyl groups is 1. The number of halogens is 2. The predicted molar refractivity (Wildman–Crippen MR) is 282 cm³/mol. The fraction of sp³-hybridized carbons (Fsp3) is 0.263. The number of nitrogen functional groups attached to an aromatic ring is 1. The number of hydrogen-bond acceptors (Lipinski definition) is 28. The minimum atomic E-state index is -5.50. The molecule has 0 bridgehead atoms. The zero-order valence-corrected chi connectivity index (χ0v) is 45.2. The first-order valence-electron chi connectivity index (χ1n) is 20.9. The highest BCUT2D eigenvalue weighted by atomic mass is 35.5. The first-order chi connectivity index (χ1) is 35.6. The smallest absolute Gasteiger partial charge is 0.296 e. The van der Waals surface area contributed by atoms with E-state index in [0.717, 1.165) is 36.4 Å². The fourth-order valence-corrected chi connectivity index (χ4v) is 10.7. The van der Waals surface area contributed by atoms with Crippen LogP contribution in [0.3, 0.4) is 0 Å². The minimum absolute atomic E-state index is 0.0192. The lowest BCUT2D eigenvalue weighted by molar-refractivity contribution is 0.322. The van der Waals surface area contributed by atoms with E-state index in [1.165, 1.54) is 23.5 Å². The van der Waals surface area contributed by atoms with Crippen molar-refractivity contribution in [2.24, 2.45) is 20.5 Å². The summed E-state index contributed by atoms with van der Waals surface area (Å²) in [6, 6.07) is 6.98. The van der Waals surface area contributed by atoms with Gasteiger partial charge in [0, 0.05) is 61.6 Å². The van der Waals surface area contributed by atoms with E-state index in [0.29, 0.717) is 48.2 Å². The van der Waals surface area contributed by atoms with Gasteiger partial charge in [-0.05, 0) is 77.1 Å². The number of nitrogens with one attached hydrogen (secondary N) is 2. The summed E-state index contributed by atoms with van der Waals surface area (Å²) in [7, 11) is -17.9. The number of hydrogen-bond donors (Lipinski definition) is 10. The summed E-state index contributed by atoms with van der Waals surface area (Å²) in [5, 5.41) is 48.5. The number of nitrogens with two attached hydrogens (primary N) is 1. The van der Waals surface area contributed by atoms with Gasteiger partial charge >= 0.3 is 0 Å². The maximum Gasteiger partial charge on any atom is 0.296 e. The molecule has 0 unspecified atom stereocenters. The van der Waals surface area contributed by atoms with E-state index < -0.39 is 105 Å². The Bertz CT molecular complexity index is 3490. The first kappa shape index (κ1) is 59.2. The molecule has 408 valence electrons. The number of benzene rings is 4. The van der Waals surface area contributed by atoms with Crippen LogP contribution in [0.4, 0.5) is 63.6 Å². The van der Waals surface area contributed by atoms with Crippen LogP contribution in [0.1, 0.15) is 0 Å². The van der Waals surface area contributed by atoms with Gasteiger partial charge < -0.3 is 41.5 Å². The summed E-state index contributed by atoms with van der Waals surface area (Å²) >= 11 is 15.2. The average molecular weight is 1210 g/mol. The molecule has 0 spiro atoms.